The summed E-state index contributed by atoms with van der Waals surface area (Å²) in [6, 6.07) is 7.29. The van der Waals surface area contributed by atoms with Crippen LogP contribution in [0.1, 0.15) is 41.6 Å². The molecule has 2 heterocycles. The maximum Gasteiger partial charge on any atom is 0.253 e. The zero-order chi connectivity index (χ0) is 18.5. The Bertz CT molecular complexity index is 624. The number of rotatable bonds is 4. The van der Waals surface area contributed by atoms with Gasteiger partial charge in [0.15, 0.2) is 0 Å². The number of carbonyl (C=O) groups excluding carboxylic acids is 2. The Morgan fingerprint density at radius 1 is 1.11 bits per heavy atom. The molecule has 2 amide bonds. The van der Waals surface area contributed by atoms with E-state index in [1.807, 2.05) is 36.1 Å². The summed E-state index contributed by atoms with van der Waals surface area (Å²) in [6.07, 6.45) is 3.23. The van der Waals surface area contributed by atoms with Gasteiger partial charge in [-0.15, -0.1) is 12.4 Å². The van der Waals surface area contributed by atoms with Crippen molar-refractivity contribution in [3.8, 4) is 0 Å². The number of halogens is 1. The van der Waals surface area contributed by atoms with Gasteiger partial charge < -0.3 is 20.7 Å². The molecule has 0 bridgehead atoms. The van der Waals surface area contributed by atoms with E-state index in [4.69, 9.17) is 10.5 Å². The first-order valence-electron chi connectivity index (χ1n) is 9.54. The lowest BCUT2D eigenvalue weighted by Crippen LogP contribution is -2.53. The average molecular weight is 396 g/mol. The van der Waals surface area contributed by atoms with Gasteiger partial charge in [0, 0.05) is 37.9 Å². The fraction of sp³-hybridized carbons (Fsp3) is 0.600. The maximum absolute atomic E-state index is 12.6. The summed E-state index contributed by atoms with van der Waals surface area (Å²) < 4.78 is 5.33. The number of nitrogens with zero attached hydrogens (tertiary/aromatic N) is 1. The van der Waals surface area contributed by atoms with Crippen molar-refractivity contribution in [2.24, 2.45) is 11.7 Å². The fourth-order valence-electron chi connectivity index (χ4n) is 3.69. The number of aryl methyl sites for hydroxylation is 1. The number of nitrogens with two attached hydrogens (primary N) is 1. The van der Waals surface area contributed by atoms with Crippen LogP contribution in [-0.4, -0.2) is 55.1 Å². The van der Waals surface area contributed by atoms with Crippen molar-refractivity contribution < 1.29 is 14.3 Å². The molecule has 1 aromatic carbocycles. The van der Waals surface area contributed by atoms with Crippen molar-refractivity contribution in [1.82, 2.24) is 10.2 Å². The van der Waals surface area contributed by atoms with Crippen LogP contribution >= 0.6 is 12.4 Å². The summed E-state index contributed by atoms with van der Waals surface area (Å²) in [4.78, 5) is 26.8. The highest BCUT2D eigenvalue weighted by molar-refractivity contribution is 5.94. The van der Waals surface area contributed by atoms with Crippen molar-refractivity contribution in [3.05, 3.63) is 35.4 Å². The van der Waals surface area contributed by atoms with Gasteiger partial charge in [-0.3, -0.25) is 9.59 Å². The summed E-state index contributed by atoms with van der Waals surface area (Å²) in [5.41, 5.74) is 8.01. The number of benzene rings is 1. The summed E-state index contributed by atoms with van der Waals surface area (Å²) >= 11 is 0. The summed E-state index contributed by atoms with van der Waals surface area (Å²) in [5, 5.41) is 3.08. The summed E-state index contributed by atoms with van der Waals surface area (Å²) in [5.74, 6) is 0.195. The minimum atomic E-state index is -0.467. The predicted molar refractivity (Wildman–Crippen MR) is 107 cm³/mol. The molecule has 27 heavy (non-hydrogen) atoms. The molecular formula is C20H30ClN3O3. The van der Waals surface area contributed by atoms with Crippen molar-refractivity contribution in [2.45, 2.75) is 44.7 Å². The van der Waals surface area contributed by atoms with Gasteiger partial charge in [0.1, 0.15) is 0 Å². The second-order valence-electron chi connectivity index (χ2n) is 7.42. The molecule has 2 aliphatic rings. The second kappa shape index (κ2) is 10.1. The summed E-state index contributed by atoms with van der Waals surface area (Å²) in [6.45, 7) is 4.69. The van der Waals surface area contributed by atoms with Crippen LogP contribution in [0.2, 0.25) is 0 Å². The maximum atomic E-state index is 12.6. The molecule has 0 aromatic heterocycles. The number of ether oxygens (including phenoxy) is 1. The number of likely N-dealkylation sites (tertiary alicyclic amines) is 1. The third-order valence-electron chi connectivity index (χ3n) is 5.50. The number of nitrogens with one attached hydrogen (secondary N) is 1. The zero-order valence-electron chi connectivity index (χ0n) is 15.9. The average Bonchev–Trinajstić information content (AvgIpc) is 2.68. The van der Waals surface area contributed by atoms with Crippen molar-refractivity contribution in [3.63, 3.8) is 0 Å². The van der Waals surface area contributed by atoms with E-state index in [2.05, 4.69) is 5.32 Å². The smallest absolute Gasteiger partial charge is 0.253 e. The number of hydrogen-bond donors (Lipinski definition) is 2. The number of piperidine rings is 1. The molecule has 150 valence electrons. The van der Waals surface area contributed by atoms with Gasteiger partial charge in [-0.25, -0.2) is 0 Å². The monoisotopic (exact) mass is 395 g/mol. The van der Waals surface area contributed by atoms with Crippen molar-refractivity contribution in [2.75, 3.05) is 26.3 Å². The standard InChI is InChI=1S/C20H29N3O3.ClH/c1-14-2-4-16(5-3-14)20(25)23-10-6-17(7-11-23)22-19(24)18(21)15-8-12-26-13-9-15;/h2-5,15,17-18H,6-13,21H2,1H3,(H,22,24);1H. The lowest BCUT2D eigenvalue weighted by atomic mass is 9.91. The quantitative estimate of drug-likeness (QED) is 0.815. The van der Waals surface area contributed by atoms with E-state index in [1.165, 1.54) is 0 Å². The van der Waals surface area contributed by atoms with Gasteiger partial charge in [-0.2, -0.15) is 0 Å². The first-order valence-corrected chi connectivity index (χ1v) is 9.54. The topological polar surface area (TPSA) is 84.7 Å². The van der Waals surface area contributed by atoms with Gasteiger partial charge in [0.05, 0.1) is 6.04 Å². The molecule has 3 rings (SSSR count). The van der Waals surface area contributed by atoms with Gasteiger partial charge >= 0.3 is 0 Å². The van der Waals surface area contributed by atoms with E-state index in [0.29, 0.717) is 26.3 Å². The Hall–Kier alpha value is -1.63. The van der Waals surface area contributed by atoms with E-state index in [-0.39, 0.29) is 36.2 Å². The van der Waals surface area contributed by atoms with Crippen LogP contribution in [0.25, 0.3) is 0 Å². The Morgan fingerprint density at radius 2 is 1.70 bits per heavy atom. The third kappa shape index (κ3) is 5.67. The highest BCUT2D eigenvalue weighted by Gasteiger charge is 2.30. The molecule has 1 unspecified atom stereocenters. The Morgan fingerprint density at radius 3 is 2.30 bits per heavy atom. The van der Waals surface area contributed by atoms with Crippen LogP contribution in [0.5, 0.6) is 0 Å². The van der Waals surface area contributed by atoms with Gasteiger partial charge in [0.25, 0.3) is 5.91 Å². The molecule has 6 nitrogen and oxygen atoms in total. The molecule has 1 atom stereocenters. The van der Waals surface area contributed by atoms with E-state index >= 15 is 0 Å². The first kappa shape index (κ1) is 21.7. The van der Waals surface area contributed by atoms with Crippen LogP contribution in [0, 0.1) is 12.8 Å². The van der Waals surface area contributed by atoms with E-state index < -0.39 is 6.04 Å². The first-order chi connectivity index (χ1) is 12.5. The van der Waals surface area contributed by atoms with Crippen molar-refractivity contribution >= 4 is 24.2 Å². The van der Waals surface area contributed by atoms with Crippen LogP contribution in [0.15, 0.2) is 24.3 Å². The molecule has 0 radical (unpaired) electrons. The van der Waals surface area contributed by atoms with Crippen LogP contribution in [0.3, 0.4) is 0 Å². The second-order valence-corrected chi connectivity index (χ2v) is 7.42. The molecule has 2 aliphatic heterocycles. The van der Waals surface area contributed by atoms with E-state index in [0.717, 1.165) is 36.8 Å². The number of carbonyl (C=O) groups is 2. The minimum absolute atomic E-state index is 0. The van der Waals surface area contributed by atoms with Gasteiger partial charge in [0.2, 0.25) is 5.91 Å². The highest BCUT2D eigenvalue weighted by atomic mass is 35.5. The Labute approximate surface area is 167 Å². The fourth-order valence-corrected chi connectivity index (χ4v) is 3.69. The highest BCUT2D eigenvalue weighted by Crippen LogP contribution is 2.19. The van der Waals surface area contributed by atoms with Crippen LogP contribution in [0.4, 0.5) is 0 Å². The Balaban J connectivity index is 0.00000261. The molecule has 3 N–H and O–H groups in total. The number of amides is 2. The molecule has 0 aliphatic carbocycles. The van der Waals surface area contributed by atoms with Crippen molar-refractivity contribution in [1.29, 1.82) is 0 Å². The van der Waals surface area contributed by atoms with E-state index in [1.54, 1.807) is 0 Å². The predicted octanol–water partition coefficient (Wildman–Crippen LogP) is 1.89. The Kier molecular flexibility index (Phi) is 8.07. The lowest BCUT2D eigenvalue weighted by Gasteiger charge is -2.34. The molecule has 1 aromatic rings. The molecule has 7 heteroatoms. The van der Waals surface area contributed by atoms with E-state index in [9.17, 15) is 9.59 Å². The molecule has 2 fully saturated rings. The number of hydrogen-bond acceptors (Lipinski definition) is 4. The summed E-state index contributed by atoms with van der Waals surface area (Å²) in [7, 11) is 0. The third-order valence-corrected chi connectivity index (χ3v) is 5.50. The molecule has 2 saturated heterocycles. The van der Waals surface area contributed by atoms with Crippen LogP contribution in [-0.2, 0) is 9.53 Å². The largest absolute Gasteiger partial charge is 0.381 e. The molecular weight excluding hydrogens is 366 g/mol. The lowest BCUT2D eigenvalue weighted by molar-refractivity contribution is -0.125. The van der Waals surface area contributed by atoms with Crippen LogP contribution < -0.4 is 11.1 Å². The van der Waals surface area contributed by atoms with Gasteiger partial charge in [-0.05, 0) is 50.7 Å². The normalized spacial score (nSPS) is 19.9. The molecule has 0 saturated carbocycles. The zero-order valence-corrected chi connectivity index (χ0v) is 16.7. The molecule has 0 spiro atoms. The minimum Gasteiger partial charge on any atom is -0.381 e. The van der Waals surface area contributed by atoms with Gasteiger partial charge in [-0.1, -0.05) is 17.7 Å². The SMILES string of the molecule is Cc1ccc(C(=O)N2CCC(NC(=O)C(N)C3CCOCC3)CC2)cc1.Cl.